The van der Waals surface area contributed by atoms with Crippen molar-refractivity contribution < 1.29 is 0 Å². The van der Waals surface area contributed by atoms with E-state index in [-0.39, 0.29) is 11.6 Å². The number of nitrogens with zero attached hydrogens (tertiary/aromatic N) is 1. The molecule has 2 nitrogen and oxygen atoms in total. The Kier molecular flexibility index (Phi) is 2.91. The van der Waals surface area contributed by atoms with Gasteiger partial charge < -0.3 is 4.57 Å². The van der Waals surface area contributed by atoms with Gasteiger partial charge in [0.05, 0.1) is 6.04 Å². The molecule has 1 unspecified atom stereocenters. The van der Waals surface area contributed by atoms with E-state index >= 15 is 0 Å². The average molecular weight is 213 g/mol. The minimum atomic E-state index is 0.0384. The van der Waals surface area contributed by atoms with Gasteiger partial charge in [0.2, 0.25) is 0 Å². The third kappa shape index (κ3) is 2.06. The van der Waals surface area contributed by atoms with Gasteiger partial charge in [-0.3, -0.25) is 4.79 Å². The molecule has 0 spiro atoms. The second kappa shape index (κ2) is 4.35. The average Bonchev–Trinajstić information content (AvgIpc) is 2.29. The lowest BCUT2D eigenvalue weighted by molar-refractivity contribution is 0.614. The van der Waals surface area contributed by atoms with Crippen molar-refractivity contribution in [2.24, 2.45) is 0 Å². The first-order chi connectivity index (χ1) is 7.68. The van der Waals surface area contributed by atoms with Gasteiger partial charge in [-0.25, -0.2) is 0 Å². The first-order valence-electron chi connectivity index (χ1n) is 5.42. The van der Waals surface area contributed by atoms with Crippen molar-refractivity contribution in [1.82, 2.24) is 4.57 Å². The highest BCUT2D eigenvalue weighted by Gasteiger charge is 2.07. The van der Waals surface area contributed by atoms with Gasteiger partial charge in [0.15, 0.2) is 0 Å². The molecule has 2 aromatic rings. The Morgan fingerprint density at radius 3 is 2.62 bits per heavy atom. The van der Waals surface area contributed by atoms with Crippen LogP contribution in [-0.2, 0) is 0 Å². The molecule has 0 saturated carbocycles. The van der Waals surface area contributed by atoms with Crippen LogP contribution in [0.5, 0.6) is 0 Å². The Labute approximate surface area is 95.2 Å². The fraction of sp³-hybridized carbons (Fsp3) is 0.214. The van der Waals surface area contributed by atoms with Crippen molar-refractivity contribution >= 4 is 0 Å². The van der Waals surface area contributed by atoms with Gasteiger partial charge >= 0.3 is 0 Å². The molecule has 2 rings (SSSR count). The smallest absolute Gasteiger partial charge is 0.251 e. The van der Waals surface area contributed by atoms with Crippen molar-refractivity contribution in [3.8, 4) is 0 Å². The zero-order valence-electron chi connectivity index (χ0n) is 9.55. The monoisotopic (exact) mass is 213 g/mol. The second-order valence-electron chi connectivity index (χ2n) is 4.04. The molecule has 0 aliphatic rings. The van der Waals surface area contributed by atoms with E-state index < -0.39 is 0 Å². The number of benzene rings is 1. The zero-order valence-corrected chi connectivity index (χ0v) is 9.55. The highest BCUT2D eigenvalue weighted by molar-refractivity contribution is 5.25. The molecular weight excluding hydrogens is 198 g/mol. The molecule has 0 bridgehead atoms. The molecular formula is C14H15NO. The van der Waals surface area contributed by atoms with Crippen LogP contribution >= 0.6 is 0 Å². The molecule has 0 amide bonds. The molecule has 0 fully saturated rings. The van der Waals surface area contributed by atoms with Crippen molar-refractivity contribution in [2.75, 3.05) is 0 Å². The van der Waals surface area contributed by atoms with E-state index in [1.54, 1.807) is 16.7 Å². The maximum atomic E-state index is 11.7. The van der Waals surface area contributed by atoms with Crippen LogP contribution in [0.1, 0.15) is 24.1 Å². The molecule has 82 valence electrons. The predicted molar refractivity (Wildman–Crippen MR) is 65.7 cm³/mol. The number of aromatic nitrogens is 1. The van der Waals surface area contributed by atoms with E-state index in [9.17, 15) is 4.79 Å². The molecule has 16 heavy (non-hydrogen) atoms. The summed E-state index contributed by atoms with van der Waals surface area (Å²) in [4.78, 5) is 11.7. The van der Waals surface area contributed by atoms with Crippen LogP contribution in [-0.4, -0.2) is 4.57 Å². The van der Waals surface area contributed by atoms with Gasteiger partial charge in [0.25, 0.3) is 5.56 Å². The summed E-state index contributed by atoms with van der Waals surface area (Å²) in [6.07, 6.45) is 1.83. The summed E-state index contributed by atoms with van der Waals surface area (Å²) in [6, 6.07) is 13.6. The molecule has 0 N–H and O–H groups in total. The standard InChI is InChI=1S/C14H15NO/c1-11-6-5-7-13(10-11)12(2)15-9-4-3-8-14(15)16/h3-10,12H,1-2H3. The maximum absolute atomic E-state index is 11.7. The van der Waals surface area contributed by atoms with Gasteiger partial charge in [-0.1, -0.05) is 35.9 Å². The third-order valence-corrected chi connectivity index (χ3v) is 2.79. The van der Waals surface area contributed by atoms with Gasteiger partial charge in [-0.15, -0.1) is 0 Å². The Hall–Kier alpha value is -1.83. The van der Waals surface area contributed by atoms with E-state index in [0.717, 1.165) is 5.56 Å². The fourth-order valence-electron chi connectivity index (χ4n) is 1.85. The van der Waals surface area contributed by atoms with E-state index in [0.29, 0.717) is 0 Å². The van der Waals surface area contributed by atoms with Crippen LogP contribution in [0.2, 0.25) is 0 Å². The third-order valence-electron chi connectivity index (χ3n) is 2.79. The molecule has 0 aliphatic heterocycles. The molecule has 0 aliphatic carbocycles. The van der Waals surface area contributed by atoms with Crippen molar-refractivity contribution in [3.63, 3.8) is 0 Å². The number of rotatable bonds is 2. The Morgan fingerprint density at radius 2 is 1.94 bits per heavy atom. The summed E-state index contributed by atoms with van der Waals surface area (Å²) >= 11 is 0. The number of hydrogen-bond acceptors (Lipinski definition) is 1. The Balaban J connectivity index is 2.43. The van der Waals surface area contributed by atoms with Crippen molar-refractivity contribution in [3.05, 3.63) is 70.1 Å². The van der Waals surface area contributed by atoms with E-state index in [2.05, 4.69) is 25.1 Å². The first-order valence-corrected chi connectivity index (χ1v) is 5.42. The van der Waals surface area contributed by atoms with Crippen molar-refractivity contribution in [2.45, 2.75) is 19.9 Å². The Bertz CT molecular complexity index is 542. The number of aryl methyl sites for hydroxylation is 1. The predicted octanol–water partition coefficient (Wildman–Crippen LogP) is 2.77. The fourth-order valence-corrected chi connectivity index (χ4v) is 1.85. The summed E-state index contributed by atoms with van der Waals surface area (Å²) in [7, 11) is 0. The van der Waals surface area contributed by atoms with Crippen LogP contribution in [0.4, 0.5) is 0 Å². The van der Waals surface area contributed by atoms with E-state index in [1.807, 2.05) is 25.3 Å². The molecule has 2 heteroatoms. The van der Waals surface area contributed by atoms with Crippen LogP contribution in [0.3, 0.4) is 0 Å². The SMILES string of the molecule is Cc1cccc(C(C)n2ccccc2=O)c1. The zero-order chi connectivity index (χ0) is 11.5. The van der Waals surface area contributed by atoms with Crippen LogP contribution in [0.25, 0.3) is 0 Å². The summed E-state index contributed by atoms with van der Waals surface area (Å²) < 4.78 is 1.74. The molecule has 1 heterocycles. The quantitative estimate of drug-likeness (QED) is 0.751. The topological polar surface area (TPSA) is 22.0 Å². The van der Waals surface area contributed by atoms with Crippen LogP contribution in [0, 0.1) is 6.92 Å². The lowest BCUT2D eigenvalue weighted by atomic mass is 10.1. The second-order valence-corrected chi connectivity index (χ2v) is 4.04. The molecule has 1 aromatic heterocycles. The van der Waals surface area contributed by atoms with E-state index in [1.165, 1.54) is 5.56 Å². The van der Waals surface area contributed by atoms with Gasteiger partial charge in [0, 0.05) is 12.3 Å². The first kappa shape index (κ1) is 10.7. The molecule has 1 atom stereocenters. The van der Waals surface area contributed by atoms with Crippen LogP contribution in [0.15, 0.2) is 53.5 Å². The lowest BCUT2D eigenvalue weighted by Gasteiger charge is -2.15. The van der Waals surface area contributed by atoms with Gasteiger partial charge in [-0.05, 0) is 25.5 Å². The summed E-state index contributed by atoms with van der Waals surface area (Å²) in [5, 5.41) is 0. The van der Waals surface area contributed by atoms with Crippen molar-refractivity contribution in [1.29, 1.82) is 0 Å². The Morgan fingerprint density at radius 1 is 1.12 bits per heavy atom. The maximum Gasteiger partial charge on any atom is 0.251 e. The molecule has 0 saturated heterocycles. The highest BCUT2D eigenvalue weighted by atomic mass is 16.1. The van der Waals surface area contributed by atoms with Crippen LogP contribution < -0.4 is 5.56 Å². The van der Waals surface area contributed by atoms with Gasteiger partial charge in [0.1, 0.15) is 0 Å². The summed E-state index contributed by atoms with van der Waals surface area (Å²) in [5.74, 6) is 0. The summed E-state index contributed by atoms with van der Waals surface area (Å²) in [5.41, 5.74) is 2.41. The lowest BCUT2D eigenvalue weighted by Crippen LogP contribution is -2.21. The summed E-state index contributed by atoms with van der Waals surface area (Å²) in [6.45, 7) is 4.10. The molecule has 0 radical (unpaired) electrons. The minimum absolute atomic E-state index is 0.0384. The number of hydrogen-bond donors (Lipinski definition) is 0. The number of pyridine rings is 1. The largest absolute Gasteiger partial charge is 0.308 e. The molecule has 1 aromatic carbocycles. The van der Waals surface area contributed by atoms with E-state index in [4.69, 9.17) is 0 Å². The normalized spacial score (nSPS) is 12.4. The minimum Gasteiger partial charge on any atom is -0.308 e. The van der Waals surface area contributed by atoms with Gasteiger partial charge in [-0.2, -0.15) is 0 Å². The highest BCUT2D eigenvalue weighted by Crippen LogP contribution is 2.16.